The number of hydrogen-bond acceptors (Lipinski definition) is 3. The highest BCUT2D eigenvalue weighted by molar-refractivity contribution is 9.10. The zero-order valence-electron chi connectivity index (χ0n) is 10.5. The zero-order chi connectivity index (χ0) is 15.6. The molecule has 0 bridgehead atoms. The van der Waals surface area contributed by atoms with Gasteiger partial charge in [0.2, 0.25) is 0 Å². The summed E-state index contributed by atoms with van der Waals surface area (Å²) in [6, 6.07) is 3.28. The van der Waals surface area contributed by atoms with E-state index in [0.29, 0.717) is 0 Å². The number of hydrogen-bond donors (Lipinski definition) is 0. The van der Waals surface area contributed by atoms with Crippen LogP contribution < -0.4 is 0 Å². The number of halogens is 4. The number of alkyl halides is 3. The molecule has 1 aromatic carbocycles. The summed E-state index contributed by atoms with van der Waals surface area (Å²) in [5, 5.41) is 0. The number of carbonyl (C=O) groups is 1. The lowest BCUT2D eigenvalue weighted by Crippen LogP contribution is -2.14. The standard InChI is InChI=1S/C12H12BrF3O3S/c1-20(18,19)6-2-3-11(17)9-5-4-8(13)7-10(9)12(14,15)16/h4-5,7H,2-3,6H2,1H3. The van der Waals surface area contributed by atoms with Gasteiger partial charge in [0.05, 0.1) is 11.3 Å². The van der Waals surface area contributed by atoms with Crippen LogP contribution in [0.5, 0.6) is 0 Å². The first-order valence-corrected chi connectivity index (χ1v) is 8.44. The third-order valence-electron chi connectivity index (χ3n) is 2.51. The lowest BCUT2D eigenvalue weighted by atomic mass is 10.0. The van der Waals surface area contributed by atoms with Crippen LogP contribution in [0.4, 0.5) is 13.2 Å². The van der Waals surface area contributed by atoms with Gasteiger partial charge in [-0.05, 0) is 24.6 Å². The summed E-state index contributed by atoms with van der Waals surface area (Å²) in [5.41, 5.74) is -1.45. The minimum Gasteiger partial charge on any atom is -0.294 e. The second kappa shape index (κ2) is 6.26. The van der Waals surface area contributed by atoms with Gasteiger partial charge in [0.25, 0.3) is 0 Å². The van der Waals surface area contributed by atoms with Gasteiger partial charge in [0, 0.05) is 22.7 Å². The van der Waals surface area contributed by atoms with E-state index in [1.165, 1.54) is 6.07 Å². The predicted molar refractivity (Wildman–Crippen MR) is 72.4 cm³/mol. The average molecular weight is 373 g/mol. The topological polar surface area (TPSA) is 51.2 Å². The maximum absolute atomic E-state index is 12.8. The van der Waals surface area contributed by atoms with Crippen LogP contribution in [0.3, 0.4) is 0 Å². The van der Waals surface area contributed by atoms with Crippen molar-refractivity contribution in [2.75, 3.05) is 12.0 Å². The first-order chi connectivity index (χ1) is 9.00. The highest BCUT2D eigenvalue weighted by Gasteiger charge is 2.35. The minimum atomic E-state index is -4.63. The number of ketones is 1. The van der Waals surface area contributed by atoms with Gasteiger partial charge in [-0.1, -0.05) is 15.9 Å². The van der Waals surface area contributed by atoms with E-state index in [1.807, 2.05) is 0 Å². The van der Waals surface area contributed by atoms with Crippen molar-refractivity contribution in [2.45, 2.75) is 19.0 Å². The molecule has 0 saturated carbocycles. The monoisotopic (exact) mass is 372 g/mol. The summed E-state index contributed by atoms with van der Waals surface area (Å²) < 4.78 is 60.6. The molecule has 0 aliphatic rings. The number of benzene rings is 1. The van der Waals surface area contributed by atoms with Gasteiger partial charge >= 0.3 is 6.18 Å². The Balaban J connectivity index is 2.93. The van der Waals surface area contributed by atoms with Gasteiger partial charge in [-0.2, -0.15) is 13.2 Å². The maximum atomic E-state index is 12.8. The second-order valence-corrected chi connectivity index (χ2v) is 7.52. The van der Waals surface area contributed by atoms with Crippen LogP contribution in [0.25, 0.3) is 0 Å². The smallest absolute Gasteiger partial charge is 0.294 e. The molecule has 0 saturated heterocycles. The Hall–Kier alpha value is -0.890. The van der Waals surface area contributed by atoms with E-state index in [-0.39, 0.29) is 23.1 Å². The van der Waals surface area contributed by atoms with Gasteiger partial charge in [-0.3, -0.25) is 4.79 Å². The third kappa shape index (κ3) is 5.24. The number of rotatable bonds is 5. The Bertz CT molecular complexity index is 609. The Morgan fingerprint density at radius 1 is 1.30 bits per heavy atom. The van der Waals surface area contributed by atoms with Crippen molar-refractivity contribution < 1.29 is 26.4 Å². The van der Waals surface area contributed by atoms with Gasteiger partial charge in [-0.25, -0.2) is 8.42 Å². The molecule has 112 valence electrons. The van der Waals surface area contributed by atoms with Crippen LogP contribution in [0, 0.1) is 0 Å². The van der Waals surface area contributed by atoms with Crippen molar-refractivity contribution >= 4 is 31.6 Å². The summed E-state index contributed by atoms with van der Waals surface area (Å²) in [6.07, 6.45) is -3.85. The van der Waals surface area contributed by atoms with Crippen molar-refractivity contribution in [2.24, 2.45) is 0 Å². The molecule has 0 aromatic heterocycles. The summed E-state index contributed by atoms with van der Waals surface area (Å²) in [6.45, 7) is 0. The Morgan fingerprint density at radius 2 is 1.90 bits per heavy atom. The number of sulfone groups is 1. The molecule has 0 atom stereocenters. The van der Waals surface area contributed by atoms with Crippen LogP contribution in [-0.4, -0.2) is 26.2 Å². The molecule has 0 amide bonds. The molecule has 1 rings (SSSR count). The van der Waals surface area contributed by atoms with Crippen LogP contribution in [-0.2, 0) is 16.0 Å². The molecule has 0 aliphatic heterocycles. The second-order valence-electron chi connectivity index (χ2n) is 4.34. The molecule has 0 spiro atoms. The van der Waals surface area contributed by atoms with E-state index in [2.05, 4.69) is 15.9 Å². The molecule has 0 aliphatic carbocycles. The molecule has 1 aromatic rings. The molecule has 0 radical (unpaired) electrons. The van der Waals surface area contributed by atoms with Crippen molar-refractivity contribution in [3.8, 4) is 0 Å². The highest BCUT2D eigenvalue weighted by Crippen LogP contribution is 2.34. The molecule has 0 fully saturated rings. The molecule has 8 heteroatoms. The van der Waals surface area contributed by atoms with E-state index in [1.54, 1.807) is 0 Å². The van der Waals surface area contributed by atoms with Crippen LogP contribution in [0.15, 0.2) is 22.7 Å². The van der Waals surface area contributed by atoms with Crippen LogP contribution in [0.2, 0.25) is 0 Å². The molecule has 0 heterocycles. The van der Waals surface area contributed by atoms with E-state index in [0.717, 1.165) is 18.4 Å². The van der Waals surface area contributed by atoms with Gasteiger partial charge in [-0.15, -0.1) is 0 Å². The first-order valence-electron chi connectivity index (χ1n) is 5.58. The SMILES string of the molecule is CS(=O)(=O)CCCC(=O)c1ccc(Br)cc1C(F)(F)F. The Labute approximate surface area is 123 Å². The first kappa shape index (κ1) is 17.2. The number of carbonyl (C=O) groups excluding carboxylic acids is 1. The third-order valence-corrected chi connectivity index (χ3v) is 4.03. The summed E-state index contributed by atoms with van der Waals surface area (Å²) >= 11 is 2.93. The number of Topliss-reactive ketones (excluding diaryl/α,β-unsaturated/α-hetero) is 1. The summed E-state index contributed by atoms with van der Waals surface area (Å²) in [4.78, 5) is 11.8. The van der Waals surface area contributed by atoms with Crippen molar-refractivity contribution in [3.05, 3.63) is 33.8 Å². The summed E-state index contributed by atoms with van der Waals surface area (Å²) in [7, 11) is -3.23. The highest BCUT2D eigenvalue weighted by atomic mass is 79.9. The zero-order valence-corrected chi connectivity index (χ0v) is 12.9. The minimum absolute atomic E-state index is 0.00499. The Morgan fingerprint density at radius 3 is 2.40 bits per heavy atom. The normalized spacial score (nSPS) is 12.4. The Kier molecular flexibility index (Phi) is 5.37. The van der Waals surface area contributed by atoms with Crippen molar-refractivity contribution in [1.29, 1.82) is 0 Å². The quantitative estimate of drug-likeness (QED) is 0.743. The van der Waals surface area contributed by atoms with E-state index >= 15 is 0 Å². The molecular formula is C12H12BrF3O3S. The molecule has 0 unspecified atom stereocenters. The molecular weight excluding hydrogens is 361 g/mol. The lowest BCUT2D eigenvalue weighted by Gasteiger charge is -2.12. The fourth-order valence-corrected chi connectivity index (χ4v) is 2.65. The lowest BCUT2D eigenvalue weighted by molar-refractivity contribution is -0.138. The van der Waals surface area contributed by atoms with Gasteiger partial charge in [0.1, 0.15) is 9.84 Å². The van der Waals surface area contributed by atoms with E-state index in [9.17, 15) is 26.4 Å². The van der Waals surface area contributed by atoms with Crippen LogP contribution >= 0.6 is 15.9 Å². The molecule has 0 N–H and O–H groups in total. The maximum Gasteiger partial charge on any atom is 0.417 e. The fraction of sp³-hybridized carbons (Fsp3) is 0.417. The predicted octanol–water partition coefficient (Wildman–Crippen LogP) is 3.48. The average Bonchev–Trinajstić information content (AvgIpc) is 2.25. The van der Waals surface area contributed by atoms with Crippen molar-refractivity contribution in [1.82, 2.24) is 0 Å². The molecule has 20 heavy (non-hydrogen) atoms. The van der Waals surface area contributed by atoms with E-state index in [4.69, 9.17) is 0 Å². The van der Waals surface area contributed by atoms with Gasteiger partial charge in [0.15, 0.2) is 5.78 Å². The fourth-order valence-electron chi connectivity index (χ4n) is 1.62. The van der Waals surface area contributed by atoms with Crippen molar-refractivity contribution in [3.63, 3.8) is 0 Å². The van der Waals surface area contributed by atoms with Crippen LogP contribution in [0.1, 0.15) is 28.8 Å². The largest absolute Gasteiger partial charge is 0.417 e. The molecule has 3 nitrogen and oxygen atoms in total. The summed E-state index contributed by atoms with van der Waals surface area (Å²) in [5.74, 6) is -0.940. The van der Waals surface area contributed by atoms with E-state index < -0.39 is 32.9 Å². The van der Waals surface area contributed by atoms with Gasteiger partial charge < -0.3 is 0 Å².